The molecule has 6 rings (SSSR count). The number of aromatic amines is 1. The van der Waals surface area contributed by atoms with E-state index in [2.05, 4.69) is 52.0 Å². The predicted octanol–water partition coefficient (Wildman–Crippen LogP) is 5.47. The van der Waals surface area contributed by atoms with Crippen LogP contribution in [0.3, 0.4) is 0 Å². The third-order valence-electron chi connectivity index (χ3n) is 7.17. The van der Waals surface area contributed by atoms with Gasteiger partial charge in [0.05, 0.1) is 17.6 Å². The van der Waals surface area contributed by atoms with Crippen molar-refractivity contribution < 1.29 is 27.3 Å². The normalized spacial score (nSPS) is 16.2. The zero-order chi connectivity index (χ0) is 24.0. The summed E-state index contributed by atoms with van der Waals surface area (Å²) in [5.41, 5.74) is 5.37. The quantitative estimate of drug-likeness (QED) is 0.384. The number of H-pyrrole nitrogens is 1. The summed E-state index contributed by atoms with van der Waals surface area (Å²) >= 11 is 0. The van der Waals surface area contributed by atoms with Gasteiger partial charge < -0.3 is 9.55 Å². The van der Waals surface area contributed by atoms with Crippen molar-refractivity contribution in [1.82, 2.24) is 24.3 Å². The molecule has 35 heavy (non-hydrogen) atoms. The molecule has 0 atom stereocenters. The molecule has 2 aliphatic heterocycles. The van der Waals surface area contributed by atoms with Gasteiger partial charge in [0.2, 0.25) is 0 Å². The van der Waals surface area contributed by atoms with Gasteiger partial charge in [0.1, 0.15) is 17.5 Å². The summed E-state index contributed by atoms with van der Waals surface area (Å²) in [5.74, 6) is 0.663. The molecule has 2 aliphatic rings. The molecular weight excluding hydrogens is 483 g/mol. The maximum Gasteiger partial charge on any atom is 0.125 e. The number of hydrogen-bond acceptors (Lipinski definition) is 3. The largest absolute Gasteiger partial charge is 0.357 e. The zero-order valence-electron chi connectivity index (χ0n) is 20.9. The molecule has 1 radical (unpaired) electrons. The van der Waals surface area contributed by atoms with Crippen molar-refractivity contribution in [3.05, 3.63) is 65.1 Å². The van der Waals surface area contributed by atoms with Crippen LogP contribution in [0.4, 0.5) is 8.78 Å². The average molecular weight is 517 g/mol. The maximum absolute atomic E-state index is 13.2. The topological polar surface area (TPSA) is 40.1 Å². The zero-order valence-corrected chi connectivity index (χ0v) is 22.3. The van der Waals surface area contributed by atoms with E-state index in [0.29, 0.717) is 12.1 Å². The smallest absolute Gasteiger partial charge is 0.125 e. The molecule has 185 valence electrons. The van der Waals surface area contributed by atoms with E-state index in [1.165, 1.54) is 28.8 Å². The Labute approximate surface area is 217 Å². The number of aromatic nitrogens is 3. The number of nitrogens with one attached hydrogen (secondary N) is 1. The van der Waals surface area contributed by atoms with Gasteiger partial charge in [-0.2, -0.15) is 0 Å². The number of rotatable bonds is 2. The van der Waals surface area contributed by atoms with Gasteiger partial charge in [0, 0.05) is 79.5 Å². The number of halogens is 2. The van der Waals surface area contributed by atoms with E-state index in [0.717, 1.165) is 61.5 Å². The average Bonchev–Trinajstić information content (AvgIpc) is 3.34. The molecule has 0 saturated heterocycles. The Bertz CT molecular complexity index is 1220. The van der Waals surface area contributed by atoms with E-state index in [4.69, 9.17) is 0 Å². The summed E-state index contributed by atoms with van der Waals surface area (Å²) < 4.78 is 28.5. The molecule has 0 saturated carbocycles. The van der Waals surface area contributed by atoms with Crippen molar-refractivity contribution in [2.45, 2.75) is 65.8 Å². The Morgan fingerprint density at radius 3 is 2.29 bits per heavy atom. The molecule has 0 amide bonds. The first-order valence-electron chi connectivity index (χ1n) is 12.2. The number of benzene rings is 2. The molecule has 0 spiro atoms. The molecule has 0 unspecified atom stereocenters. The van der Waals surface area contributed by atoms with Crippen molar-refractivity contribution in [3.63, 3.8) is 0 Å². The fourth-order valence-corrected chi connectivity index (χ4v) is 5.14. The van der Waals surface area contributed by atoms with Crippen molar-refractivity contribution in [2.24, 2.45) is 0 Å². The SMILES string of the molecule is CC(C)N1CCc2c([nH]c3cc(F)ccc23)C1.CC(C)N1CCn2c(nc3cc(F)ccc32)C1.[V]. The maximum atomic E-state index is 13.2. The van der Waals surface area contributed by atoms with Crippen LogP contribution in [0, 0.1) is 11.6 Å². The van der Waals surface area contributed by atoms with Crippen molar-refractivity contribution in [1.29, 1.82) is 0 Å². The van der Waals surface area contributed by atoms with E-state index in [-0.39, 0.29) is 30.2 Å². The molecule has 4 aromatic rings. The summed E-state index contributed by atoms with van der Waals surface area (Å²) in [7, 11) is 0. The van der Waals surface area contributed by atoms with E-state index in [1.807, 2.05) is 12.1 Å². The predicted molar refractivity (Wildman–Crippen MR) is 133 cm³/mol. The van der Waals surface area contributed by atoms with Crippen LogP contribution in [0.25, 0.3) is 21.9 Å². The minimum Gasteiger partial charge on any atom is -0.357 e. The molecule has 0 bridgehead atoms. The summed E-state index contributed by atoms with van der Waals surface area (Å²) in [6.07, 6.45) is 1.05. The van der Waals surface area contributed by atoms with E-state index >= 15 is 0 Å². The van der Waals surface area contributed by atoms with E-state index < -0.39 is 0 Å². The Morgan fingerprint density at radius 2 is 1.54 bits per heavy atom. The first-order chi connectivity index (χ1) is 16.3. The second-order valence-corrected chi connectivity index (χ2v) is 9.96. The van der Waals surface area contributed by atoms with Crippen LogP contribution >= 0.6 is 0 Å². The molecule has 8 heteroatoms. The van der Waals surface area contributed by atoms with Crippen LogP contribution in [0.1, 0.15) is 44.8 Å². The van der Waals surface area contributed by atoms with Gasteiger partial charge in [-0.15, -0.1) is 0 Å². The van der Waals surface area contributed by atoms with Crippen molar-refractivity contribution >= 4 is 21.9 Å². The van der Waals surface area contributed by atoms with Crippen LogP contribution in [0.5, 0.6) is 0 Å². The van der Waals surface area contributed by atoms with Gasteiger partial charge in [0.15, 0.2) is 0 Å². The number of fused-ring (bicyclic) bond motifs is 6. The fourth-order valence-electron chi connectivity index (χ4n) is 5.14. The molecule has 4 heterocycles. The number of imidazole rings is 1. The Kier molecular flexibility index (Phi) is 7.72. The summed E-state index contributed by atoms with van der Waals surface area (Å²) in [6, 6.07) is 11.0. The summed E-state index contributed by atoms with van der Waals surface area (Å²) in [5, 5.41) is 1.19. The van der Waals surface area contributed by atoms with Gasteiger partial charge in [-0.1, -0.05) is 0 Å². The molecule has 0 aliphatic carbocycles. The standard InChI is InChI=1S/C14H17FN2.C13H16FN3.V/c1-9(2)17-6-5-12-11-4-3-10(15)7-13(11)16-14(12)8-17;1-9(2)16-5-6-17-12-4-3-10(14)7-11(12)15-13(17)8-16;/h3-4,7,9,16H,5-6,8H2,1-2H3;3-4,7,9H,5-6,8H2,1-2H3;. The van der Waals surface area contributed by atoms with Crippen LogP contribution in [-0.2, 0) is 44.6 Å². The minimum absolute atomic E-state index is 0. The first kappa shape index (κ1) is 25.9. The van der Waals surface area contributed by atoms with Gasteiger partial charge in [-0.25, -0.2) is 13.8 Å². The van der Waals surface area contributed by atoms with E-state index in [9.17, 15) is 8.78 Å². The molecule has 0 fully saturated rings. The Morgan fingerprint density at radius 1 is 0.857 bits per heavy atom. The van der Waals surface area contributed by atoms with Gasteiger partial charge in [-0.05, 0) is 70.0 Å². The monoisotopic (exact) mass is 516 g/mol. The Hall–Kier alpha value is -2.19. The molecule has 2 aromatic carbocycles. The third-order valence-corrected chi connectivity index (χ3v) is 7.17. The van der Waals surface area contributed by atoms with Gasteiger partial charge in [0.25, 0.3) is 0 Å². The Balaban J connectivity index is 0.000000160. The first-order valence-corrected chi connectivity index (χ1v) is 12.2. The van der Waals surface area contributed by atoms with Gasteiger partial charge >= 0.3 is 0 Å². The summed E-state index contributed by atoms with van der Waals surface area (Å²) in [6.45, 7) is 13.7. The van der Waals surface area contributed by atoms with Crippen LogP contribution in [0.15, 0.2) is 36.4 Å². The number of nitrogens with zero attached hydrogens (tertiary/aromatic N) is 4. The van der Waals surface area contributed by atoms with Crippen molar-refractivity contribution in [3.8, 4) is 0 Å². The fraction of sp³-hybridized carbons (Fsp3) is 0.444. The van der Waals surface area contributed by atoms with Crippen LogP contribution in [0.2, 0.25) is 0 Å². The minimum atomic E-state index is -0.214. The summed E-state index contributed by atoms with van der Waals surface area (Å²) in [4.78, 5) is 12.7. The van der Waals surface area contributed by atoms with E-state index in [1.54, 1.807) is 12.1 Å². The van der Waals surface area contributed by atoms with Gasteiger partial charge in [-0.3, -0.25) is 9.80 Å². The second kappa shape index (κ2) is 10.4. The molecule has 1 N–H and O–H groups in total. The van der Waals surface area contributed by atoms with Crippen molar-refractivity contribution in [2.75, 3.05) is 13.1 Å². The molecule has 5 nitrogen and oxygen atoms in total. The molecular formula is C27H33F2N5V. The van der Waals surface area contributed by atoms with Crippen LogP contribution < -0.4 is 0 Å². The second-order valence-electron chi connectivity index (χ2n) is 9.96. The van der Waals surface area contributed by atoms with Crippen LogP contribution in [-0.4, -0.2) is 49.5 Å². The number of hydrogen-bond donors (Lipinski definition) is 1. The third kappa shape index (κ3) is 5.19. The molecule has 2 aromatic heterocycles.